The standard InChI is InChI=1S/C53H37NO/c1-53(2)47-24-8-7-20-44(47)45-23-11-22-42(51(45)53)36-27-30-38(31-28-36)54(48-25-10-15-34-13-3-5-18-40(34)48)39-17-9-16-37(33-39)41-21-12-26-49-50(41)46-32-29-35-14-4-6-19-43(35)52(46)55-49/h3-33H,1-2H3/i3D,5D,10D,13D,15D,18D,25D. The Morgan fingerprint density at radius 3 is 2.18 bits per heavy atom. The summed E-state index contributed by atoms with van der Waals surface area (Å²) in [6.45, 7) is 4.52. The summed E-state index contributed by atoms with van der Waals surface area (Å²) < 4.78 is 69.2. The number of anilines is 3. The molecule has 2 heteroatoms. The second kappa shape index (κ2) is 12.1. The van der Waals surface area contributed by atoms with Gasteiger partial charge in [-0.3, -0.25) is 0 Å². The molecule has 0 N–H and O–H groups in total. The Labute approximate surface area is 330 Å². The smallest absolute Gasteiger partial charge is 0.143 e. The topological polar surface area (TPSA) is 16.4 Å². The highest BCUT2D eigenvalue weighted by Crippen LogP contribution is 2.52. The molecule has 2 nitrogen and oxygen atoms in total. The normalized spacial score (nSPS) is 14.8. The van der Waals surface area contributed by atoms with Crippen LogP contribution in [0.25, 0.3) is 76.9 Å². The molecule has 0 radical (unpaired) electrons. The predicted molar refractivity (Wildman–Crippen MR) is 232 cm³/mol. The Bertz CT molecular complexity index is 3530. The van der Waals surface area contributed by atoms with E-state index in [0.29, 0.717) is 11.4 Å². The van der Waals surface area contributed by atoms with E-state index in [-0.39, 0.29) is 34.0 Å². The number of benzene rings is 9. The molecule has 0 atom stereocenters. The third-order valence-corrected chi connectivity index (χ3v) is 11.3. The number of hydrogen-bond donors (Lipinski definition) is 0. The van der Waals surface area contributed by atoms with Crippen LogP contribution in [0.1, 0.15) is 34.6 Å². The first-order chi connectivity index (χ1) is 30.0. The van der Waals surface area contributed by atoms with Crippen LogP contribution in [-0.4, -0.2) is 0 Å². The summed E-state index contributed by atoms with van der Waals surface area (Å²) in [5.41, 5.74) is 11.4. The average molecular weight is 711 g/mol. The van der Waals surface area contributed by atoms with Gasteiger partial charge in [0.2, 0.25) is 0 Å². The third kappa shape index (κ3) is 4.81. The summed E-state index contributed by atoms with van der Waals surface area (Å²) >= 11 is 0. The summed E-state index contributed by atoms with van der Waals surface area (Å²) in [6.07, 6.45) is 0. The van der Waals surface area contributed by atoms with E-state index in [1.54, 1.807) is 4.90 Å². The van der Waals surface area contributed by atoms with E-state index in [1.165, 1.54) is 22.3 Å². The molecule has 0 unspecified atom stereocenters. The number of furan rings is 1. The molecule has 0 aliphatic heterocycles. The van der Waals surface area contributed by atoms with Crippen molar-refractivity contribution in [3.8, 4) is 33.4 Å². The van der Waals surface area contributed by atoms with Gasteiger partial charge in [0.1, 0.15) is 11.2 Å². The molecule has 10 aromatic rings. The zero-order valence-corrected chi connectivity index (χ0v) is 30.2. The van der Waals surface area contributed by atoms with E-state index in [9.17, 15) is 2.74 Å². The van der Waals surface area contributed by atoms with Crippen molar-refractivity contribution in [2.75, 3.05) is 4.90 Å². The summed E-state index contributed by atoms with van der Waals surface area (Å²) in [4.78, 5) is 1.80. The third-order valence-electron chi connectivity index (χ3n) is 11.3. The summed E-state index contributed by atoms with van der Waals surface area (Å²) in [6, 6.07) is 46.2. The van der Waals surface area contributed by atoms with Crippen LogP contribution in [0.4, 0.5) is 17.1 Å². The molecular weight excluding hydrogens is 667 g/mol. The molecule has 0 fully saturated rings. The maximum absolute atomic E-state index is 9.45. The fourth-order valence-electron chi connectivity index (χ4n) is 8.86. The van der Waals surface area contributed by atoms with Crippen LogP contribution in [-0.2, 0) is 5.41 Å². The number of hydrogen-bond acceptors (Lipinski definition) is 2. The van der Waals surface area contributed by atoms with Crippen LogP contribution in [0, 0.1) is 0 Å². The highest BCUT2D eigenvalue weighted by molar-refractivity contribution is 6.19. The molecule has 0 bridgehead atoms. The van der Waals surface area contributed by atoms with E-state index in [0.717, 1.165) is 55.0 Å². The zero-order chi connectivity index (χ0) is 42.8. The second-order valence-corrected chi connectivity index (χ2v) is 14.7. The van der Waals surface area contributed by atoms with Gasteiger partial charge in [-0.25, -0.2) is 0 Å². The molecule has 0 spiro atoms. The lowest BCUT2D eigenvalue weighted by atomic mass is 9.79. The number of rotatable bonds is 5. The van der Waals surface area contributed by atoms with E-state index in [1.807, 2.05) is 72.8 Å². The molecule has 0 saturated carbocycles. The lowest BCUT2D eigenvalue weighted by Gasteiger charge is -2.28. The monoisotopic (exact) mass is 710 g/mol. The SMILES string of the molecule is [2H]c1c([2H])c([2H])c2c(N(c3ccc(-c4cccc5c4C(C)(C)c4ccccc4-5)cc3)c3cccc(-c4cccc5oc6c7ccccc7ccc6c45)c3)c([2H])c([2H])c([2H])c2c1[2H]. The van der Waals surface area contributed by atoms with Crippen LogP contribution < -0.4 is 4.90 Å². The van der Waals surface area contributed by atoms with Crippen molar-refractivity contribution in [3.05, 3.63) is 199 Å². The van der Waals surface area contributed by atoms with Crippen LogP contribution in [0.3, 0.4) is 0 Å². The highest BCUT2D eigenvalue weighted by Gasteiger charge is 2.37. The lowest BCUT2D eigenvalue weighted by molar-refractivity contribution is 0.662. The number of fused-ring (bicyclic) bond motifs is 9. The molecule has 260 valence electrons. The summed E-state index contributed by atoms with van der Waals surface area (Å²) in [5, 5.41) is 3.94. The van der Waals surface area contributed by atoms with Crippen molar-refractivity contribution < 1.29 is 14.0 Å². The quantitative estimate of drug-likeness (QED) is 0.177. The molecule has 9 aromatic carbocycles. The van der Waals surface area contributed by atoms with Crippen LogP contribution in [0.15, 0.2) is 192 Å². The Kier molecular flexibility index (Phi) is 5.52. The molecule has 1 aliphatic rings. The first-order valence-corrected chi connectivity index (χ1v) is 18.5. The highest BCUT2D eigenvalue weighted by atomic mass is 16.3. The molecule has 1 heterocycles. The minimum Gasteiger partial charge on any atom is -0.455 e. The Morgan fingerprint density at radius 1 is 0.509 bits per heavy atom. The second-order valence-electron chi connectivity index (χ2n) is 14.7. The maximum atomic E-state index is 9.45. The van der Waals surface area contributed by atoms with Gasteiger partial charge in [0.05, 0.1) is 15.3 Å². The molecule has 55 heavy (non-hydrogen) atoms. The fourth-order valence-corrected chi connectivity index (χ4v) is 8.86. The molecule has 11 rings (SSSR count). The van der Waals surface area contributed by atoms with Gasteiger partial charge in [-0.05, 0) is 97.7 Å². The minimum absolute atomic E-state index is 0.00619. The Balaban J connectivity index is 1.14. The average Bonchev–Trinajstić information content (AvgIpc) is 3.80. The summed E-state index contributed by atoms with van der Waals surface area (Å²) in [5.74, 6) is 0. The molecular formula is C53H37NO. The van der Waals surface area contributed by atoms with E-state index in [2.05, 4.69) is 86.6 Å². The predicted octanol–water partition coefficient (Wildman–Crippen LogP) is 15.0. The van der Waals surface area contributed by atoms with E-state index < -0.39 is 30.2 Å². The van der Waals surface area contributed by atoms with Crippen LogP contribution in [0.5, 0.6) is 0 Å². The largest absolute Gasteiger partial charge is 0.455 e. The maximum Gasteiger partial charge on any atom is 0.143 e. The van der Waals surface area contributed by atoms with Crippen LogP contribution in [0.2, 0.25) is 0 Å². The van der Waals surface area contributed by atoms with Gasteiger partial charge in [0, 0.05) is 38.3 Å². The molecule has 1 aromatic heterocycles. The summed E-state index contributed by atoms with van der Waals surface area (Å²) in [7, 11) is 0. The van der Waals surface area contributed by atoms with Crippen molar-refractivity contribution in [3.63, 3.8) is 0 Å². The lowest BCUT2D eigenvalue weighted by Crippen LogP contribution is -2.16. The van der Waals surface area contributed by atoms with Crippen molar-refractivity contribution in [2.24, 2.45) is 0 Å². The van der Waals surface area contributed by atoms with E-state index >= 15 is 0 Å². The first kappa shape index (κ1) is 25.2. The Morgan fingerprint density at radius 2 is 1.25 bits per heavy atom. The van der Waals surface area contributed by atoms with Gasteiger partial charge in [-0.1, -0.05) is 159 Å². The van der Waals surface area contributed by atoms with Crippen molar-refractivity contribution in [1.29, 1.82) is 0 Å². The van der Waals surface area contributed by atoms with E-state index in [4.69, 9.17) is 11.3 Å². The van der Waals surface area contributed by atoms with Gasteiger partial charge in [0.25, 0.3) is 0 Å². The van der Waals surface area contributed by atoms with Crippen molar-refractivity contribution in [2.45, 2.75) is 19.3 Å². The molecule has 0 saturated heterocycles. The van der Waals surface area contributed by atoms with Gasteiger partial charge in [-0.2, -0.15) is 0 Å². The van der Waals surface area contributed by atoms with Crippen molar-refractivity contribution in [1.82, 2.24) is 0 Å². The zero-order valence-electron chi connectivity index (χ0n) is 37.2. The van der Waals surface area contributed by atoms with Crippen LogP contribution >= 0.6 is 0 Å². The molecule has 1 aliphatic carbocycles. The van der Waals surface area contributed by atoms with Crippen molar-refractivity contribution >= 4 is 60.5 Å². The fraction of sp³-hybridized carbons (Fsp3) is 0.0566. The first-order valence-electron chi connectivity index (χ1n) is 22.0. The Hall–Kier alpha value is -6.90. The van der Waals surface area contributed by atoms with Gasteiger partial charge < -0.3 is 9.32 Å². The van der Waals surface area contributed by atoms with Gasteiger partial charge in [0.15, 0.2) is 0 Å². The number of nitrogens with zero attached hydrogens (tertiary/aromatic N) is 1. The van der Waals surface area contributed by atoms with Gasteiger partial charge in [-0.15, -0.1) is 0 Å². The van der Waals surface area contributed by atoms with Gasteiger partial charge >= 0.3 is 0 Å². The minimum atomic E-state index is -0.495. The molecule has 0 amide bonds.